The summed E-state index contributed by atoms with van der Waals surface area (Å²) in [4.78, 5) is 14.3. The number of carbonyl (C=O) groups is 1. The van der Waals surface area contributed by atoms with Crippen molar-refractivity contribution in [3.05, 3.63) is 34.9 Å². The van der Waals surface area contributed by atoms with E-state index in [1.54, 1.807) is 4.90 Å². The van der Waals surface area contributed by atoms with Crippen LogP contribution in [0.1, 0.15) is 28.4 Å². The fraction of sp³-hybridized carbons (Fsp3) is 0.385. The Bertz CT molecular complexity index is 443. The monoisotopic (exact) mass is 250 g/mol. The number of aryl methyl sites for hydroxylation is 2. The molecule has 4 heteroatoms. The summed E-state index contributed by atoms with van der Waals surface area (Å²) in [6.45, 7) is 6.75. The highest BCUT2D eigenvalue weighted by Gasteiger charge is 2.16. The summed E-state index contributed by atoms with van der Waals surface area (Å²) in [5.74, 6) is -0.0125. The summed E-state index contributed by atoms with van der Waals surface area (Å²) in [7, 11) is 0. The van der Waals surface area contributed by atoms with Crippen molar-refractivity contribution in [2.45, 2.75) is 20.8 Å². The first-order chi connectivity index (χ1) is 7.95. The first-order valence-corrected chi connectivity index (χ1v) is 6.01. The van der Waals surface area contributed by atoms with Crippen LogP contribution in [-0.2, 0) is 0 Å². The van der Waals surface area contributed by atoms with E-state index >= 15 is 0 Å². The van der Waals surface area contributed by atoms with Crippen molar-refractivity contribution in [1.82, 2.24) is 4.90 Å². The van der Waals surface area contributed by atoms with Crippen LogP contribution in [0.5, 0.6) is 0 Å². The van der Waals surface area contributed by atoms with Crippen molar-refractivity contribution in [3.63, 3.8) is 0 Å². The van der Waals surface area contributed by atoms with Gasteiger partial charge in [-0.2, -0.15) is 0 Å². The molecule has 1 aromatic rings. The average Bonchev–Trinajstić information content (AvgIpc) is 2.28. The molecule has 0 saturated carbocycles. The summed E-state index contributed by atoms with van der Waals surface area (Å²) in [6, 6.07) is 5.85. The highest BCUT2D eigenvalue weighted by atomic mass is 32.1. The van der Waals surface area contributed by atoms with Crippen LogP contribution in [0, 0.1) is 13.8 Å². The molecule has 3 nitrogen and oxygen atoms in total. The van der Waals surface area contributed by atoms with Crippen LogP contribution in [0.25, 0.3) is 0 Å². The molecule has 1 amide bonds. The fourth-order valence-electron chi connectivity index (χ4n) is 1.65. The standard InChI is InChI=1S/C13H18N2OS/c1-4-15(8-12(14)17)13(16)11-7-9(2)5-6-10(11)3/h5-7H,4,8H2,1-3H3,(H2,14,17). The van der Waals surface area contributed by atoms with E-state index < -0.39 is 0 Å². The van der Waals surface area contributed by atoms with Crippen molar-refractivity contribution in [2.24, 2.45) is 5.73 Å². The Morgan fingerprint density at radius 3 is 2.59 bits per heavy atom. The molecule has 0 aliphatic rings. The number of rotatable bonds is 4. The first-order valence-electron chi connectivity index (χ1n) is 5.60. The first kappa shape index (κ1) is 13.6. The molecule has 0 unspecified atom stereocenters. The van der Waals surface area contributed by atoms with Gasteiger partial charge >= 0.3 is 0 Å². The molecule has 0 aliphatic carbocycles. The smallest absolute Gasteiger partial charge is 0.254 e. The Balaban J connectivity index is 3.01. The number of amides is 1. The van der Waals surface area contributed by atoms with Crippen molar-refractivity contribution in [3.8, 4) is 0 Å². The van der Waals surface area contributed by atoms with E-state index in [0.717, 1.165) is 16.7 Å². The molecule has 0 spiro atoms. The number of benzene rings is 1. The number of thiocarbonyl (C=S) groups is 1. The fourth-order valence-corrected chi connectivity index (χ4v) is 1.81. The third-order valence-electron chi connectivity index (χ3n) is 2.64. The molecule has 0 bridgehead atoms. The minimum Gasteiger partial charge on any atom is -0.392 e. The molecule has 0 heterocycles. The normalized spacial score (nSPS) is 10.1. The Morgan fingerprint density at radius 1 is 1.41 bits per heavy atom. The molecule has 1 rings (SSSR count). The summed E-state index contributed by atoms with van der Waals surface area (Å²) >= 11 is 4.85. The van der Waals surface area contributed by atoms with E-state index in [1.807, 2.05) is 39.0 Å². The number of likely N-dealkylation sites (N-methyl/N-ethyl adjacent to an activating group) is 1. The highest BCUT2D eigenvalue weighted by molar-refractivity contribution is 7.80. The summed E-state index contributed by atoms with van der Waals surface area (Å²) in [5.41, 5.74) is 8.26. The number of hydrogen-bond acceptors (Lipinski definition) is 2. The molecule has 0 saturated heterocycles. The molecule has 0 atom stereocenters. The van der Waals surface area contributed by atoms with Gasteiger partial charge in [-0.25, -0.2) is 0 Å². The van der Waals surface area contributed by atoms with Gasteiger partial charge in [-0.3, -0.25) is 4.79 Å². The van der Waals surface area contributed by atoms with Crippen LogP contribution in [0.15, 0.2) is 18.2 Å². The lowest BCUT2D eigenvalue weighted by molar-refractivity contribution is 0.0787. The highest BCUT2D eigenvalue weighted by Crippen LogP contribution is 2.13. The van der Waals surface area contributed by atoms with Gasteiger partial charge in [-0.05, 0) is 32.4 Å². The summed E-state index contributed by atoms with van der Waals surface area (Å²) in [5, 5.41) is 0. The second kappa shape index (κ2) is 5.77. The van der Waals surface area contributed by atoms with E-state index in [-0.39, 0.29) is 5.91 Å². The summed E-state index contributed by atoms with van der Waals surface area (Å²) < 4.78 is 0. The molecule has 17 heavy (non-hydrogen) atoms. The Hall–Kier alpha value is -1.42. The zero-order chi connectivity index (χ0) is 13.0. The maximum absolute atomic E-state index is 12.3. The van der Waals surface area contributed by atoms with Crippen LogP contribution >= 0.6 is 12.2 Å². The SMILES string of the molecule is CCN(CC(N)=S)C(=O)c1cc(C)ccc1C. The predicted octanol–water partition coefficient (Wildman–Crippen LogP) is 2.05. The van der Waals surface area contributed by atoms with Crippen LogP contribution in [0.4, 0.5) is 0 Å². The van der Waals surface area contributed by atoms with Crippen LogP contribution in [0.3, 0.4) is 0 Å². The van der Waals surface area contributed by atoms with E-state index in [2.05, 4.69) is 0 Å². The van der Waals surface area contributed by atoms with Gasteiger partial charge in [-0.1, -0.05) is 29.9 Å². The lowest BCUT2D eigenvalue weighted by atomic mass is 10.0. The van der Waals surface area contributed by atoms with Gasteiger partial charge in [0, 0.05) is 12.1 Å². The second-order valence-electron chi connectivity index (χ2n) is 4.10. The van der Waals surface area contributed by atoms with Crippen molar-refractivity contribution < 1.29 is 4.79 Å². The Labute approximate surface area is 108 Å². The number of nitrogens with two attached hydrogens (primary N) is 1. The van der Waals surface area contributed by atoms with Crippen molar-refractivity contribution >= 4 is 23.1 Å². The van der Waals surface area contributed by atoms with Gasteiger partial charge in [0.25, 0.3) is 5.91 Å². The Kier molecular flexibility index (Phi) is 4.63. The Morgan fingerprint density at radius 2 is 2.06 bits per heavy atom. The van der Waals surface area contributed by atoms with Crippen LogP contribution in [0.2, 0.25) is 0 Å². The zero-order valence-corrected chi connectivity index (χ0v) is 11.3. The zero-order valence-electron chi connectivity index (χ0n) is 10.5. The topological polar surface area (TPSA) is 46.3 Å². The van der Waals surface area contributed by atoms with Gasteiger partial charge in [0.15, 0.2) is 0 Å². The minimum atomic E-state index is -0.0125. The predicted molar refractivity (Wildman–Crippen MR) is 74.3 cm³/mol. The third kappa shape index (κ3) is 3.53. The van der Waals surface area contributed by atoms with Gasteiger partial charge in [0.1, 0.15) is 0 Å². The molecule has 0 radical (unpaired) electrons. The summed E-state index contributed by atoms with van der Waals surface area (Å²) in [6.07, 6.45) is 0. The van der Waals surface area contributed by atoms with Gasteiger partial charge in [0.2, 0.25) is 0 Å². The lowest BCUT2D eigenvalue weighted by Gasteiger charge is -2.21. The van der Waals surface area contributed by atoms with Crippen LogP contribution in [-0.4, -0.2) is 28.9 Å². The quantitative estimate of drug-likeness (QED) is 0.832. The van der Waals surface area contributed by atoms with Gasteiger partial charge in [-0.15, -0.1) is 0 Å². The number of nitrogens with zero attached hydrogens (tertiary/aromatic N) is 1. The van der Waals surface area contributed by atoms with E-state index in [9.17, 15) is 4.79 Å². The molecular weight excluding hydrogens is 232 g/mol. The average molecular weight is 250 g/mol. The molecule has 2 N–H and O–H groups in total. The van der Waals surface area contributed by atoms with E-state index in [4.69, 9.17) is 18.0 Å². The minimum absolute atomic E-state index is 0.0125. The molecule has 92 valence electrons. The molecule has 1 aromatic carbocycles. The largest absolute Gasteiger partial charge is 0.392 e. The van der Waals surface area contributed by atoms with Crippen molar-refractivity contribution in [2.75, 3.05) is 13.1 Å². The van der Waals surface area contributed by atoms with Gasteiger partial charge in [0.05, 0.1) is 11.5 Å². The molecule has 0 aromatic heterocycles. The third-order valence-corrected chi connectivity index (χ3v) is 2.77. The maximum atomic E-state index is 12.3. The lowest BCUT2D eigenvalue weighted by Crippen LogP contribution is -2.37. The van der Waals surface area contributed by atoms with Crippen molar-refractivity contribution in [1.29, 1.82) is 0 Å². The van der Waals surface area contributed by atoms with Crippen LogP contribution < -0.4 is 5.73 Å². The second-order valence-corrected chi connectivity index (χ2v) is 4.63. The van der Waals surface area contributed by atoms with E-state index in [1.165, 1.54) is 0 Å². The van der Waals surface area contributed by atoms with Gasteiger partial charge < -0.3 is 10.6 Å². The number of hydrogen-bond donors (Lipinski definition) is 1. The maximum Gasteiger partial charge on any atom is 0.254 e. The molecular formula is C13H18N2OS. The molecule has 0 aliphatic heterocycles. The van der Waals surface area contributed by atoms with E-state index in [0.29, 0.717) is 18.1 Å². The number of carbonyl (C=O) groups excluding carboxylic acids is 1. The molecule has 0 fully saturated rings.